The minimum absolute atomic E-state index is 0. The van der Waals surface area contributed by atoms with E-state index in [0.717, 1.165) is 7.11 Å². The maximum absolute atomic E-state index is 11.1. The molecular formula is C2H7Cl2KO7P2. The Morgan fingerprint density at radius 3 is 1.93 bits per heavy atom. The Bertz CT molecular complexity index is 252. The molecule has 0 aliphatic rings. The summed E-state index contributed by atoms with van der Waals surface area (Å²) in [6.07, 6.45) is 0. The van der Waals surface area contributed by atoms with E-state index in [1.54, 1.807) is 0 Å². The van der Waals surface area contributed by atoms with Crippen LogP contribution in [-0.4, -0.2) is 73.3 Å². The molecule has 0 bridgehead atoms. The summed E-state index contributed by atoms with van der Waals surface area (Å²) in [5.41, 5.74) is 0. The van der Waals surface area contributed by atoms with Crippen LogP contribution in [0.3, 0.4) is 0 Å². The molecular weight excluding hydrogens is 308 g/mol. The van der Waals surface area contributed by atoms with E-state index < -0.39 is 20.7 Å². The average molecular weight is 315 g/mol. The zero-order chi connectivity index (χ0) is 10.7. The molecule has 0 spiro atoms. The van der Waals surface area contributed by atoms with Crippen molar-refractivity contribution in [3.63, 3.8) is 0 Å². The number of phosphoric ester groups is 1. The zero-order valence-electron chi connectivity index (χ0n) is 6.16. The van der Waals surface area contributed by atoms with E-state index in [2.05, 4.69) is 13.4 Å². The Hall–Kier alpha value is 2.48. The first-order valence-electron chi connectivity index (χ1n) is 2.58. The fraction of sp³-hybridized carbons (Fsp3) is 1.00. The molecule has 0 saturated carbocycles. The molecule has 0 saturated heterocycles. The van der Waals surface area contributed by atoms with Crippen molar-refractivity contribution in [2.75, 3.05) is 7.11 Å². The third-order valence-electron chi connectivity index (χ3n) is 0.639. The van der Waals surface area contributed by atoms with Crippen LogP contribution >= 0.6 is 38.8 Å². The Kier molecular flexibility index (Phi) is 10.4. The first-order chi connectivity index (χ1) is 5.68. The molecule has 82 valence electrons. The summed E-state index contributed by atoms with van der Waals surface area (Å²) >= 11 is 10.1. The molecule has 0 heterocycles. The molecule has 0 aromatic heterocycles. The summed E-state index contributed by atoms with van der Waals surface area (Å²) in [7, 11) is -8.54. The molecule has 7 nitrogen and oxygen atoms in total. The fourth-order valence-corrected chi connectivity index (χ4v) is 2.65. The van der Waals surface area contributed by atoms with Crippen molar-refractivity contribution >= 4 is 90.2 Å². The third-order valence-corrected chi connectivity index (χ3v) is 3.63. The molecule has 0 amide bonds. The van der Waals surface area contributed by atoms with Gasteiger partial charge in [0.25, 0.3) is 0 Å². The molecule has 1 unspecified atom stereocenters. The predicted octanol–water partition coefficient (Wildman–Crippen LogP) is 0.980. The van der Waals surface area contributed by atoms with Crippen LogP contribution in [0.1, 0.15) is 0 Å². The molecule has 14 heavy (non-hydrogen) atoms. The summed E-state index contributed by atoms with van der Waals surface area (Å²) in [6, 6.07) is 0. The number of phosphoric acid groups is 2. The maximum atomic E-state index is 11.1. The van der Waals surface area contributed by atoms with Gasteiger partial charge in [0, 0.05) is 7.11 Å². The van der Waals surface area contributed by atoms with Crippen LogP contribution in [0, 0.1) is 0 Å². The molecule has 0 aromatic carbocycles. The van der Waals surface area contributed by atoms with Crippen molar-refractivity contribution in [1.29, 1.82) is 0 Å². The second-order valence-corrected chi connectivity index (χ2v) is 5.69. The number of hydrogen-bond donors (Lipinski definition) is 2. The van der Waals surface area contributed by atoms with Gasteiger partial charge in [0.15, 0.2) is 0 Å². The summed E-state index contributed by atoms with van der Waals surface area (Å²) in [4.78, 5) is 16.5. The van der Waals surface area contributed by atoms with Gasteiger partial charge < -0.3 is 9.79 Å². The van der Waals surface area contributed by atoms with Crippen LogP contribution in [0.25, 0.3) is 0 Å². The molecule has 0 fully saturated rings. The van der Waals surface area contributed by atoms with Crippen molar-refractivity contribution in [2.45, 2.75) is 5.02 Å². The topological polar surface area (TPSA) is 102 Å². The second-order valence-electron chi connectivity index (χ2n) is 1.57. The average Bonchev–Trinajstić information content (AvgIpc) is 1.81. The molecule has 0 rings (SSSR count). The molecule has 0 aromatic rings. The van der Waals surface area contributed by atoms with E-state index in [4.69, 9.17) is 33.0 Å². The van der Waals surface area contributed by atoms with Gasteiger partial charge in [-0.3, -0.25) is 9.05 Å². The van der Waals surface area contributed by atoms with Gasteiger partial charge in [0.2, 0.25) is 5.02 Å². The Labute approximate surface area is 133 Å². The monoisotopic (exact) mass is 314 g/mol. The summed E-state index contributed by atoms with van der Waals surface area (Å²) < 4.78 is 33.2. The van der Waals surface area contributed by atoms with Crippen LogP contribution in [0.15, 0.2) is 0 Å². The standard InChI is InChI=1S/C2H6Cl2O7P2.K.H/c1-9-13(8,10-2(3)4)11-12(5,6)7;;/h2H,1H3,(H2,5,6,7);;. The fourth-order valence-electron chi connectivity index (χ4n) is 0.323. The Morgan fingerprint density at radius 1 is 1.29 bits per heavy atom. The Balaban J connectivity index is 0. The summed E-state index contributed by atoms with van der Waals surface area (Å²) in [6.45, 7) is 0. The van der Waals surface area contributed by atoms with E-state index in [-0.39, 0.29) is 51.4 Å². The van der Waals surface area contributed by atoms with Gasteiger partial charge in [0.05, 0.1) is 0 Å². The zero-order valence-corrected chi connectivity index (χ0v) is 9.46. The van der Waals surface area contributed by atoms with Gasteiger partial charge >= 0.3 is 67.0 Å². The van der Waals surface area contributed by atoms with E-state index in [0.29, 0.717) is 0 Å². The van der Waals surface area contributed by atoms with Crippen molar-refractivity contribution in [3.8, 4) is 0 Å². The first-order valence-corrected chi connectivity index (χ1v) is 6.44. The molecule has 0 radical (unpaired) electrons. The number of rotatable bonds is 5. The van der Waals surface area contributed by atoms with Gasteiger partial charge in [-0.1, -0.05) is 23.2 Å². The normalized spacial score (nSPS) is 16.1. The van der Waals surface area contributed by atoms with Crippen LogP contribution < -0.4 is 0 Å². The quantitative estimate of drug-likeness (QED) is 0.443. The van der Waals surface area contributed by atoms with Crippen LogP contribution in [0.5, 0.6) is 0 Å². The first kappa shape index (κ1) is 18.8. The van der Waals surface area contributed by atoms with Gasteiger partial charge in [-0.2, -0.15) is 4.31 Å². The van der Waals surface area contributed by atoms with Crippen molar-refractivity contribution < 1.29 is 32.3 Å². The molecule has 0 aliphatic carbocycles. The summed E-state index contributed by atoms with van der Waals surface area (Å²) in [5.74, 6) is 0. The predicted molar refractivity (Wildman–Crippen MR) is 51.5 cm³/mol. The number of hydrogen-bond acceptors (Lipinski definition) is 5. The SMILES string of the molecule is COP(=O)(OC(Cl)Cl)OP(=O)(O)O.[KH]. The van der Waals surface area contributed by atoms with Crippen molar-refractivity contribution in [2.24, 2.45) is 0 Å². The van der Waals surface area contributed by atoms with E-state index in [1.807, 2.05) is 0 Å². The van der Waals surface area contributed by atoms with Crippen LogP contribution in [0.4, 0.5) is 0 Å². The number of alkyl halides is 2. The van der Waals surface area contributed by atoms with Gasteiger partial charge in [-0.15, -0.1) is 0 Å². The van der Waals surface area contributed by atoms with E-state index in [9.17, 15) is 9.13 Å². The third kappa shape index (κ3) is 9.68. The Morgan fingerprint density at radius 2 is 1.71 bits per heavy atom. The molecule has 1 atom stereocenters. The summed E-state index contributed by atoms with van der Waals surface area (Å²) in [5, 5.41) is -1.59. The van der Waals surface area contributed by atoms with Crippen LogP contribution in [-0.2, 0) is 22.5 Å². The van der Waals surface area contributed by atoms with Crippen molar-refractivity contribution in [1.82, 2.24) is 0 Å². The molecule has 2 N–H and O–H groups in total. The minimum atomic E-state index is -4.99. The van der Waals surface area contributed by atoms with E-state index in [1.165, 1.54) is 0 Å². The van der Waals surface area contributed by atoms with Gasteiger partial charge in [-0.25, -0.2) is 9.13 Å². The second kappa shape index (κ2) is 7.74. The van der Waals surface area contributed by atoms with Crippen molar-refractivity contribution in [3.05, 3.63) is 0 Å². The van der Waals surface area contributed by atoms with Gasteiger partial charge in [0.1, 0.15) is 0 Å². The van der Waals surface area contributed by atoms with Gasteiger partial charge in [-0.05, 0) is 0 Å². The van der Waals surface area contributed by atoms with Crippen LogP contribution in [0.2, 0.25) is 0 Å². The molecule has 12 heteroatoms. The van der Waals surface area contributed by atoms with E-state index >= 15 is 0 Å². The molecule has 0 aliphatic heterocycles. The number of halogens is 2.